The van der Waals surface area contributed by atoms with Crippen molar-refractivity contribution in [3.63, 3.8) is 0 Å². The largest absolute Gasteiger partial charge is 0.462 e. The third-order valence-electron chi connectivity index (χ3n) is 3.42. The standard InChI is InChI=1S/C16H22N2O4/c1-3-22-16(20)13-4-5-15(17-12(2)19)14(10-13)11-18-6-8-21-9-7-18/h4-5,10H,3,6-9,11H2,1-2H3,(H,17,19). The Balaban J connectivity index is 2.21. The zero-order valence-corrected chi connectivity index (χ0v) is 13.1. The fourth-order valence-corrected chi connectivity index (χ4v) is 2.38. The highest BCUT2D eigenvalue weighted by Crippen LogP contribution is 2.21. The van der Waals surface area contributed by atoms with E-state index in [2.05, 4.69) is 10.2 Å². The number of anilines is 1. The Kier molecular flexibility index (Phi) is 5.91. The monoisotopic (exact) mass is 306 g/mol. The van der Waals surface area contributed by atoms with Crippen molar-refractivity contribution >= 4 is 17.6 Å². The lowest BCUT2D eigenvalue weighted by Crippen LogP contribution is -2.36. The number of esters is 1. The molecular formula is C16H22N2O4. The second-order valence-corrected chi connectivity index (χ2v) is 5.16. The van der Waals surface area contributed by atoms with E-state index in [1.807, 2.05) is 0 Å². The maximum absolute atomic E-state index is 11.9. The maximum atomic E-state index is 11.9. The van der Waals surface area contributed by atoms with Crippen LogP contribution in [-0.4, -0.2) is 49.7 Å². The molecule has 0 atom stereocenters. The Labute approximate surface area is 130 Å². The highest BCUT2D eigenvalue weighted by Gasteiger charge is 2.16. The summed E-state index contributed by atoms with van der Waals surface area (Å²) in [4.78, 5) is 25.5. The van der Waals surface area contributed by atoms with Crippen LogP contribution >= 0.6 is 0 Å². The summed E-state index contributed by atoms with van der Waals surface area (Å²) in [7, 11) is 0. The van der Waals surface area contributed by atoms with Gasteiger partial charge in [-0.15, -0.1) is 0 Å². The van der Waals surface area contributed by atoms with Gasteiger partial charge in [-0.25, -0.2) is 4.79 Å². The van der Waals surface area contributed by atoms with Gasteiger partial charge < -0.3 is 14.8 Å². The van der Waals surface area contributed by atoms with Crippen molar-refractivity contribution in [2.45, 2.75) is 20.4 Å². The molecule has 0 unspecified atom stereocenters. The van der Waals surface area contributed by atoms with Crippen LogP contribution in [0.5, 0.6) is 0 Å². The molecule has 120 valence electrons. The van der Waals surface area contributed by atoms with Gasteiger partial charge in [-0.2, -0.15) is 0 Å². The van der Waals surface area contributed by atoms with E-state index in [1.165, 1.54) is 6.92 Å². The molecule has 1 aliphatic rings. The fourth-order valence-electron chi connectivity index (χ4n) is 2.38. The Hall–Kier alpha value is -1.92. The number of morpholine rings is 1. The Morgan fingerprint density at radius 2 is 2.05 bits per heavy atom. The molecule has 1 aliphatic heterocycles. The zero-order valence-electron chi connectivity index (χ0n) is 13.1. The number of hydrogen-bond donors (Lipinski definition) is 1. The smallest absolute Gasteiger partial charge is 0.338 e. The molecule has 0 bridgehead atoms. The molecular weight excluding hydrogens is 284 g/mol. The molecule has 0 radical (unpaired) electrons. The van der Waals surface area contributed by atoms with Crippen LogP contribution in [0.1, 0.15) is 29.8 Å². The SMILES string of the molecule is CCOC(=O)c1ccc(NC(C)=O)c(CN2CCOCC2)c1. The van der Waals surface area contributed by atoms with Crippen molar-refractivity contribution in [2.24, 2.45) is 0 Å². The lowest BCUT2D eigenvalue weighted by Gasteiger charge is -2.27. The number of carbonyl (C=O) groups is 2. The average molecular weight is 306 g/mol. The van der Waals surface area contributed by atoms with Gasteiger partial charge in [0.05, 0.1) is 25.4 Å². The predicted octanol–water partition coefficient (Wildman–Crippen LogP) is 1.65. The molecule has 1 N–H and O–H groups in total. The normalized spacial score (nSPS) is 15.4. The van der Waals surface area contributed by atoms with Gasteiger partial charge in [-0.3, -0.25) is 9.69 Å². The van der Waals surface area contributed by atoms with Gasteiger partial charge in [0.25, 0.3) is 0 Å². The summed E-state index contributed by atoms with van der Waals surface area (Å²) in [6, 6.07) is 5.22. The lowest BCUT2D eigenvalue weighted by atomic mass is 10.1. The Morgan fingerprint density at radius 3 is 2.68 bits per heavy atom. The van der Waals surface area contributed by atoms with Crippen LogP contribution in [-0.2, 0) is 20.8 Å². The van der Waals surface area contributed by atoms with Crippen LogP contribution in [0.25, 0.3) is 0 Å². The minimum absolute atomic E-state index is 0.132. The molecule has 6 heteroatoms. The summed E-state index contributed by atoms with van der Waals surface area (Å²) < 4.78 is 10.4. The van der Waals surface area contributed by atoms with E-state index in [4.69, 9.17) is 9.47 Å². The Morgan fingerprint density at radius 1 is 1.32 bits per heavy atom. The van der Waals surface area contributed by atoms with E-state index in [0.29, 0.717) is 31.9 Å². The third-order valence-corrected chi connectivity index (χ3v) is 3.42. The van der Waals surface area contributed by atoms with Crippen molar-refractivity contribution in [3.8, 4) is 0 Å². The van der Waals surface area contributed by atoms with Crippen molar-refractivity contribution < 1.29 is 19.1 Å². The third kappa shape index (κ3) is 4.54. The summed E-state index contributed by atoms with van der Waals surface area (Å²) >= 11 is 0. The number of ether oxygens (including phenoxy) is 2. The summed E-state index contributed by atoms with van der Waals surface area (Å²) in [6.45, 7) is 7.32. The van der Waals surface area contributed by atoms with Gasteiger partial charge in [0.15, 0.2) is 0 Å². The molecule has 1 amide bonds. The lowest BCUT2D eigenvalue weighted by molar-refractivity contribution is -0.114. The quantitative estimate of drug-likeness (QED) is 0.838. The molecule has 0 spiro atoms. The highest BCUT2D eigenvalue weighted by atomic mass is 16.5. The first kappa shape index (κ1) is 16.5. The zero-order chi connectivity index (χ0) is 15.9. The van der Waals surface area contributed by atoms with Gasteiger partial charge in [0, 0.05) is 32.2 Å². The summed E-state index contributed by atoms with van der Waals surface area (Å²) in [5.41, 5.74) is 2.13. The first-order valence-corrected chi connectivity index (χ1v) is 7.48. The van der Waals surface area contributed by atoms with Crippen molar-refractivity contribution in [1.29, 1.82) is 0 Å². The topological polar surface area (TPSA) is 67.9 Å². The molecule has 2 rings (SSSR count). The maximum Gasteiger partial charge on any atom is 0.338 e. The van der Waals surface area contributed by atoms with Crippen LogP contribution in [0.4, 0.5) is 5.69 Å². The van der Waals surface area contributed by atoms with Crippen LogP contribution in [0.2, 0.25) is 0 Å². The van der Waals surface area contributed by atoms with Gasteiger partial charge in [0.2, 0.25) is 5.91 Å². The molecule has 0 aliphatic carbocycles. The molecule has 0 aromatic heterocycles. The number of carbonyl (C=O) groups excluding carboxylic acids is 2. The first-order chi connectivity index (χ1) is 10.6. The van der Waals surface area contributed by atoms with Gasteiger partial charge in [-0.1, -0.05) is 0 Å². The molecule has 0 saturated carbocycles. The van der Waals surface area contributed by atoms with Crippen LogP contribution in [0.15, 0.2) is 18.2 Å². The average Bonchev–Trinajstić information content (AvgIpc) is 2.50. The van der Waals surface area contributed by atoms with Crippen LogP contribution < -0.4 is 5.32 Å². The van der Waals surface area contributed by atoms with E-state index in [1.54, 1.807) is 25.1 Å². The van der Waals surface area contributed by atoms with Crippen molar-refractivity contribution in [2.75, 3.05) is 38.2 Å². The fraction of sp³-hybridized carbons (Fsp3) is 0.500. The van der Waals surface area contributed by atoms with E-state index in [-0.39, 0.29) is 11.9 Å². The molecule has 1 heterocycles. The van der Waals surface area contributed by atoms with E-state index < -0.39 is 0 Å². The minimum Gasteiger partial charge on any atom is -0.462 e. The second-order valence-electron chi connectivity index (χ2n) is 5.16. The van der Waals surface area contributed by atoms with E-state index in [0.717, 1.165) is 24.3 Å². The summed E-state index contributed by atoms with van der Waals surface area (Å²) in [5, 5.41) is 2.81. The number of benzene rings is 1. The molecule has 1 aromatic carbocycles. The first-order valence-electron chi connectivity index (χ1n) is 7.48. The Bertz CT molecular complexity index is 539. The number of nitrogens with one attached hydrogen (secondary N) is 1. The second kappa shape index (κ2) is 7.91. The molecule has 22 heavy (non-hydrogen) atoms. The number of nitrogens with zero attached hydrogens (tertiary/aromatic N) is 1. The van der Waals surface area contributed by atoms with Gasteiger partial charge >= 0.3 is 5.97 Å². The summed E-state index contributed by atoms with van der Waals surface area (Å²) in [5.74, 6) is -0.479. The molecule has 1 fully saturated rings. The molecule has 6 nitrogen and oxygen atoms in total. The molecule has 1 aromatic rings. The number of amides is 1. The van der Waals surface area contributed by atoms with Crippen molar-refractivity contribution in [1.82, 2.24) is 4.90 Å². The number of hydrogen-bond acceptors (Lipinski definition) is 5. The van der Waals surface area contributed by atoms with Crippen LogP contribution in [0, 0.1) is 0 Å². The van der Waals surface area contributed by atoms with Crippen LogP contribution in [0.3, 0.4) is 0 Å². The highest BCUT2D eigenvalue weighted by molar-refractivity contribution is 5.93. The predicted molar refractivity (Wildman–Crippen MR) is 82.8 cm³/mol. The van der Waals surface area contributed by atoms with E-state index >= 15 is 0 Å². The summed E-state index contributed by atoms with van der Waals surface area (Å²) in [6.07, 6.45) is 0. The van der Waals surface area contributed by atoms with Gasteiger partial charge in [-0.05, 0) is 30.7 Å². The van der Waals surface area contributed by atoms with Gasteiger partial charge in [0.1, 0.15) is 0 Å². The van der Waals surface area contributed by atoms with E-state index in [9.17, 15) is 9.59 Å². The minimum atomic E-state index is -0.347. The van der Waals surface area contributed by atoms with Crippen molar-refractivity contribution in [3.05, 3.63) is 29.3 Å². The molecule has 1 saturated heterocycles. The number of rotatable bonds is 5.